The lowest BCUT2D eigenvalue weighted by atomic mass is 9.95. The van der Waals surface area contributed by atoms with Gasteiger partial charge in [0.25, 0.3) is 11.8 Å². The smallest absolute Gasteiger partial charge is 0.258 e. The number of carbonyl (C=O) groups excluding carboxylic acids is 1. The Balaban J connectivity index is 1.40. The number of aromatic nitrogens is 1. The summed E-state index contributed by atoms with van der Waals surface area (Å²) in [7, 11) is -3.84. The molecule has 3 N–H and O–H groups in total. The minimum Gasteiger partial charge on any atom is -0.395 e. The molecule has 0 bridgehead atoms. The lowest BCUT2D eigenvalue weighted by molar-refractivity contribution is -0.0221. The predicted octanol–water partition coefficient (Wildman–Crippen LogP) is 4.09. The highest BCUT2D eigenvalue weighted by Gasteiger charge is 2.62. The minimum atomic E-state index is -3.84. The highest BCUT2D eigenvalue weighted by Crippen LogP contribution is 2.61. The fourth-order valence-electron chi connectivity index (χ4n) is 5.77. The van der Waals surface area contributed by atoms with Crippen LogP contribution >= 0.6 is 0 Å². The molecule has 41 heavy (non-hydrogen) atoms. The van der Waals surface area contributed by atoms with Crippen molar-refractivity contribution in [2.45, 2.75) is 45.0 Å². The number of sulfonamides is 1. The molecular weight excluding hydrogens is 566 g/mol. The highest BCUT2D eigenvalue weighted by molar-refractivity contribution is 7.92. The third-order valence-electron chi connectivity index (χ3n) is 8.24. The van der Waals surface area contributed by atoms with Crippen LogP contribution in [-0.4, -0.2) is 75.3 Å². The molecule has 0 unspecified atom stereocenters. The summed E-state index contributed by atoms with van der Waals surface area (Å²) in [5.74, 6) is -3.31. The number of alkyl halides is 4. The van der Waals surface area contributed by atoms with Gasteiger partial charge in [-0.1, -0.05) is 0 Å². The number of piperidine rings is 2. The van der Waals surface area contributed by atoms with E-state index >= 15 is 0 Å². The van der Waals surface area contributed by atoms with Crippen LogP contribution in [-0.2, 0) is 10.0 Å². The molecule has 9 nitrogen and oxygen atoms in total. The van der Waals surface area contributed by atoms with E-state index in [1.54, 1.807) is 24.0 Å². The second-order valence-corrected chi connectivity index (χ2v) is 13.0. The summed E-state index contributed by atoms with van der Waals surface area (Å²) < 4.78 is 81.5. The summed E-state index contributed by atoms with van der Waals surface area (Å²) in [4.78, 5) is 21.6. The van der Waals surface area contributed by atoms with Gasteiger partial charge < -0.3 is 20.2 Å². The standard InChI is InChI=1S/C27H33F4N5O4S/c1-17-12-22(32-23(13-17)35-8-5-27(30,31)6-9-35)33-24(38)20-3-2-19(34-41(39,40)11-10-37)14-21(20)36-7-4-26(25(28)29)15-18(26)16-36/h2-3,12-14,18,25,34,37H,4-11,15-16H2,1H3,(H,32,33,38)/t18-,26+/m1/s1. The van der Waals surface area contributed by atoms with Gasteiger partial charge in [-0.3, -0.25) is 9.52 Å². The Morgan fingerprint density at radius 3 is 2.49 bits per heavy atom. The van der Waals surface area contributed by atoms with E-state index in [1.165, 1.54) is 18.2 Å². The Hall–Kier alpha value is -3.13. The summed E-state index contributed by atoms with van der Waals surface area (Å²) in [5, 5.41) is 11.8. The SMILES string of the molecule is Cc1cc(NC(=O)c2ccc(NS(=O)(=O)CCO)cc2N2CC[C@]3(C(F)F)C[C@@H]3C2)nc(N2CCC(F)(F)CC2)c1. The molecule has 2 saturated heterocycles. The van der Waals surface area contributed by atoms with Crippen molar-refractivity contribution in [3.63, 3.8) is 0 Å². The summed E-state index contributed by atoms with van der Waals surface area (Å²) in [6, 6.07) is 7.77. The molecular formula is C27H33F4N5O4S. The summed E-state index contributed by atoms with van der Waals surface area (Å²) in [6.45, 7) is 2.05. The number of nitrogens with zero attached hydrogens (tertiary/aromatic N) is 3. The molecule has 2 aromatic rings. The molecule has 0 radical (unpaired) electrons. The number of hydrogen-bond acceptors (Lipinski definition) is 7. The summed E-state index contributed by atoms with van der Waals surface area (Å²) >= 11 is 0. The maximum absolute atomic E-state index is 13.7. The number of aryl methyl sites for hydroxylation is 1. The molecule has 2 atom stereocenters. The molecule has 0 spiro atoms. The highest BCUT2D eigenvalue weighted by atomic mass is 32.2. The zero-order valence-corrected chi connectivity index (χ0v) is 23.4. The first-order valence-corrected chi connectivity index (χ1v) is 15.2. The van der Waals surface area contributed by atoms with E-state index in [9.17, 15) is 30.8 Å². The monoisotopic (exact) mass is 599 g/mol. The zero-order valence-electron chi connectivity index (χ0n) is 22.5. The Bertz CT molecular complexity index is 1420. The van der Waals surface area contributed by atoms with Gasteiger partial charge in [0.15, 0.2) is 0 Å². The van der Waals surface area contributed by atoms with Crippen LogP contribution < -0.4 is 19.8 Å². The third-order valence-corrected chi connectivity index (χ3v) is 9.50. The van der Waals surface area contributed by atoms with Gasteiger partial charge in [0.05, 0.1) is 29.3 Å². The van der Waals surface area contributed by atoms with Crippen LogP contribution in [0.3, 0.4) is 0 Å². The minimum absolute atomic E-state index is 0.130. The number of fused-ring (bicyclic) bond motifs is 1. The van der Waals surface area contributed by atoms with Crippen molar-refractivity contribution in [1.29, 1.82) is 0 Å². The first kappa shape index (κ1) is 29.4. The summed E-state index contributed by atoms with van der Waals surface area (Å²) in [6.07, 6.45) is -2.36. The van der Waals surface area contributed by atoms with Crippen LogP contribution in [0.2, 0.25) is 0 Å². The molecule has 5 rings (SSSR count). The van der Waals surface area contributed by atoms with Crippen molar-refractivity contribution >= 4 is 38.9 Å². The molecule has 3 heterocycles. The van der Waals surface area contributed by atoms with Crippen molar-refractivity contribution in [1.82, 2.24) is 4.98 Å². The van der Waals surface area contributed by atoms with E-state index < -0.39 is 46.1 Å². The van der Waals surface area contributed by atoms with Crippen molar-refractivity contribution in [2.75, 3.05) is 58.4 Å². The fourth-order valence-corrected chi connectivity index (χ4v) is 6.60. The molecule has 3 fully saturated rings. The molecule has 1 aromatic carbocycles. The average molecular weight is 600 g/mol. The number of benzene rings is 1. The first-order valence-electron chi connectivity index (χ1n) is 13.5. The van der Waals surface area contributed by atoms with Crippen LogP contribution in [0.25, 0.3) is 0 Å². The van der Waals surface area contributed by atoms with E-state index in [0.717, 1.165) is 5.56 Å². The average Bonchev–Trinajstić information content (AvgIpc) is 3.63. The molecule has 1 amide bonds. The second-order valence-electron chi connectivity index (χ2n) is 11.2. The largest absolute Gasteiger partial charge is 0.395 e. The van der Waals surface area contributed by atoms with Crippen molar-refractivity contribution in [2.24, 2.45) is 11.3 Å². The quantitative estimate of drug-likeness (QED) is 0.372. The van der Waals surface area contributed by atoms with Crippen LogP contribution in [0, 0.1) is 18.3 Å². The second kappa shape index (κ2) is 10.9. The van der Waals surface area contributed by atoms with Gasteiger partial charge in [-0.2, -0.15) is 0 Å². The van der Waals surface area contributed by atoms with Gasteiger partial charge in [-0.05, 0) is 61.6 Å². The molecule has 1 aliphatic carbocycles. The number of amides is 1. The van der Waals surface area contributed by atoms with Crippen LogP contribution in [0.15, 0.2) is 30.3 Å². The number of aliphatic hydroxyl groups is 1. The van der Waals surface area contributed by atoms with Gasteiger partial charge in [0.2, 0.25) is 16.4 Å². The van der Waals surface area contributed by atoms with E-state index in [0.29, 0.717) is 24.5 Å². The van der Waals surface area contributed by atoms with Gasteiger partial charge in [-0.15, -0.1) is 0 Å². The van der Waals surface area contributed by atoms with E-state index in [2.05, 4.69) is 15.0 Å². The van der Waals surface area contributed by atoms with Gasteiger partial charge in [0.1, 0.15) is 11.6 Å². The molecule has 1 saturated carbocycles. The zero-order chi connectivity index (χ0) is 29.6. The van der Waals surface area contributed by atoms with E-state index in [4.69, 9.17) is 5.11 Å². The fraction of sp³-hybridized carbons (Fsp3) is 0.556. The van der Waals surface area contributed by atoms with Gasteiger partial charge in [0, 0.05) is 44.4 Å². The summed E-state index contributed by atoms with van der Waals surface area (Å²) in [5.41, 5.74) is 0.517. The lowest BCUT2D eigenvalue weighted by Crippen LogP contribution is -2.39. The number of anilines is 4. The number of nitrogens with one attached hydrogen (secondary N) is 2. The van der Waals surface area contributed by atoms with Gasteiger partial charge >= 0.3 is 0 Å². The molecule has 3 aliphatic rings. The Labute approximate surface area is 236 Å². The van der Waals surface area contributed by atoms with Crippen molar-refractivity contribution in [3.8, 4) is 0 Å². The Morgan fingerprint density at radius 1 is 1.12 bits per heavy atom. The van der Waals surface area contributed by atoms with Crippen molar-refractivity contribution < 1.29 is 35.9 Å². The number of hydrogen-bond donors (Lipinski definition) is 3. The van der Waals surface area contributed by atoms with E-state index in [-0.39, 0.29) is 61.9 Å². The molecule has 224 valence electrons. The van der Waals surface area contributed by atoms with Crippen LogP contribution in [0.5, 0.6) is 0 Å². The lowest BCUT2D eigenvalue weighted by Gasteiger charge is -2.34. The predicted molar refractivity (Wildman–Crippen MR) is 148 cm³/mol. The number of pyridine rings is 1. The number of aliphatic hydroxyl groups excluding tert-OH is 1. The number of halogens is 4. The van der Waals surface area contributed by atoms with Gasteiger partial charge in [-0.25, -0.2) is 31.0 Å². The number of rotatable bonds is 9. The molecule has 14 heteroatoms. The Kier molecular flexibility index (Phi) is 7.83. The van der Waals surface area contributed by atoms with Crippen molar-refractivity contribution in [3.05, 3.63) is 41.5 Å². The topological polar surface area (TPSA) is 115 Å². The normalized spacial score (nSPS) is 23.7. The molecule has 2 aliphatic heterocycles. The van der Waals surface area contributed by atoms with E-state index in [1.807, 2.05) is 4.90 Å². The van der Waals surface area contributed by atoms with Crippen LogP contribution in [0.1, 0.15) is 41.6 Å². The molecule has 1 aromatic heterocycles. The van der Waals surface area contributed by atoms with Crippen LogP contribution in [0.4, 0.5) is 40.6 Å². The first-order chi connectivity index (χ1) is 19.3. The Morgan fingerprint density at radius 2 is 1.83 bits per heavy atom. The maximum atomic E-state index is 13.7. The number of carbonyl (C=O) groups is 1. The maximum Gasteiger partial charge on any atom is 0.258 e. The third kappa shape index (κ3) is 6.37.